The van der Waals surface area contributed by atoms with Gasteiger partial charge in [0.05, 0.1) is 11.0 Å². The van der Waals surface area contributed by atoms with Crippen LogP contribution in [0, 0.1) is 0 Å². The van der Waals surface area contributed by atoms with Gasteiger partial charge >= 0.3 is 5.69 Å². The van der Waals surface area contributed by atoms with Crippen molar-refractivity contribution in [2.24, 2.45) is 0 Å². The smallest absolute Gasteiger partial charge is 0.329 e. The molecule has 1 N–H and O–H groups in total. The van der Waals surface area contributed by atoms with Gasteiger partial charge in [-0.05, 0) is 55.0 Å². The normalized spacial score (nSPS) is 15.0. The van der Waals surface area contributed by atoms with Crippen LogP contribution >= 0.6 is 0 Å². The second-order valence-corrected chi connectivity index (χ2v) is 8.07. The predicted molar refractivity (Wildman–Crippen MR) is 118 cm³/mol. The molecule has 0 atom stereocenters. The number of phenolic OH excluding ortho intramolecular Hbond substituents is 1. The van der Waals surface area contributed by atoms with E-state index < -0.39 is 0 Å². The van der Waals surface area contributed by atoms with Crippen molar-refractivity contribution in [2.75, 3.05) is 13.1 Å². The minimum Gasteiger partial charge on any atom is -0.508 e. The van der Waals surface area contributed by atoms with Crippen molar-refractivity contribution >= 4 is 16.9 Å². The zero-order chi connectivity index (χ0) is 21.1. The summed E-state index contributed by atoms with van der Waals surface area (Å²) in [6.07, 6.45) is 3.07. The van der Waals surface area contributed by atoms with Crippen LogP contribution in [0.4, 0.5) is 0 Å². The van der Waals surface area contributed by atoms with Crippen molar-refractivity contribution in [2.45, 2.75) is 51.6 Å². The summed E-state index contributed by atoms with van der Waals surface area (Å²) in [6, 6.07) is 15.2. The standard InChI is InChI=1S/C24H29N3O3/c1-2-14-26-21-5-3-4-6-22(21)27(24(26)30)17-13-23(29)25-15-11-19(12-16-25)18-7-9-20(28)10-8-18/h3-10,19,28H,2,11-17H2,1H3. The Balaban J connectivity index is 1.39. The number of piperidine rings is 1. The molecular weight excluding hydrogens is 378 g/mol. The van der Waals surface area contributed by atoms with Crippen molar-refractivity contribution < 1.29 is 9.90 Å². The van der Waals surface area contributed by atoms with Gasteiger partial charge in [0, 0.05) is 32.6 Å². The second kappa shape index (κ2) is 8.78. The molecule has 0 unspecified atom stereocenters. The number of amides is 1. The van der Waals surface area contributed by atoms with Crippen molar-refractivity contribution in [3.8, 4) is 5.75 Å². The number of nitrogens with zero attached hydrogens (tertiary/aromatic N) is 3. The van der Waals surface area contributed by atoms with E-state index in [1.807, 2.05) is 45.9 Å². The average molecular weight is 408 g/mol. The third-order valence-electron chi connectivity index (χ3n) is 6.13. The lowest BCUT2D eigenvalue weighted by Crippen LogP contribution is -2.38. The number of carbonyl (C=O) groups excluding carboxylic acids is 1. The number of fused-ring (bicyclic) bond motifs is 1. The molecule has 1 saturated heterocycles. The van der Waals surface area contributed by atoms with Gasteiger partial charge in [0.2, 0.25) is 5.91 Å². The van der Waals surface area contributed by atoms with Crippen molar-refractivity contribution in [3.05, 3.63) is 64.6 Å². The number of likely N-dealkylation sites (tertiary alicyclic amines) is 1. The maximum Gasteiger partial charge on any atom is 0.329 e. The van der Waals surface area contributed by atoms with Crippen molar-refractivity contribution in [1.29, 1.82) is 0 Å². The number of para-hydroxylation sites is 2. The van der Waals surface area contributed by atoms with Gasteiger partial charge in [-0.15, -0.1) is 0 Å². The molecule has 6 nitrogen and oxygen atoms in total. The zero-order valence-corrected chi connectivity index (χ0v) is 17.5. The highest BCUT2D eigenvalue weighted by Gasteiger charge is 2.24. The molecule has 0 aliphatic carbocycles. The van der Waals surface area contributed by atoms with Crippen LogP contribution in [0.2, 0.25) is 0 Å². The van der Waals surface area contributed by atoms with E-state index in [0.717, 1.165) is 43.4 Å². The Morgan fingerprint density at radius 1 is 0.967 bits per heavy atom. The average Bonchev–Trinajstić information content (AvgIpc) is 3.04. The summed E-state index contributed by atoms with van der Waals surface area (Å²) in [7, 11) is 0. The molecule has 1 aromatic heterocycles. The highest BCUT2D eigenvalue weighted by molar-refractivity contribution is 5.78. The first-order chi connectivity index (χ1) is 14.6. The monoisotopic (exact) mass is 407 g/mol. The van der Waals surface area contributed by atoms with E-state index >= 15 is 0 Å². The van der Waals surface area contributed by atoms with Crippen LogP contribution in [0.5, 0.6) is 5.75 Å². The molecular formula is C24H29N3O3. The van der Waals surface area contributed by atoms with Gasteiger partial charge in [0.1, 0.15) is 5.75 Å². The van der Waals surface area contributed by atoms with E-state index in [2.05, 4.69) is 6.92 Å². The van der Waals surface area contributed by atoms with Gasteiger partial charge in [0.15, 0.2) is 0 Å². The molecule has 3 aromatic rings. The van der Waals surface area contributed by atoms with Gasteiger partial charge in [-0.3, -0.25) is 13.9 Å². The van der Waals surface area contributed by atoms with Crippen molar-refractivity contribution in [3.63, 3.8) is 0 Å². The lowest BCUT2D eigenvalue weighted by atomic mass is 9.89. The first kappa shape index (κ1) is 20.3. The summed E-state index contributed by atoms with van der Waals surface area (Å²) in [6.45, 7) is 4.62. The predicted octanol–water partition coefficient (Wildman–Crippen LogP) is 3.71. The number of aryl methyl sites for hydroxylation is 2. The van der Waals surface area contributed by atoms with Crippen LogP contribution in [0.3, 0.4) is 0 Å². The number of carbonyl (C=O) groups is 1. The fraction of sp³-hybridized carbons (Fsp3) is 0.417. The van der Waals surface area contributed by atoms with Gasteiger partial charge < -0.3 is 10.0 Å². The van der Waals surface area contributed by atoms with E-state index in [9.17, 15) is 14.7 Å². The van der Waals surface area contributed by atoms with Crippen LogP contribution in [0.25, 0.3) is 11.0 Å². The number of aromatic hydroxyl groups is 1. The van der Waals surface area contributed by atoms with E-state index in [-0.39, 0.29) is 17.3 Å². The fourth-order valence-corrected chi connectivity index (χ4v) is 4.50. The van der Waals surface area contributed by atoms with Crippen LogP contribution in [0.15, 0.2) is 53.3 Å². The Morgan fingerprint density at radius 3 is 2.17 bits per heavy atom. The van der Waals surface area contributed by atoms with Gasteiger partial charge in [-0.1, -0.05) is 31.2 Å². The van der Waals surface area contributed by atoms with Gasteiger partial charge in [-0.25, -0.2) is 4.79 Å². The largest absolute Gasteiger partial charge is 0.508 e. The van der Waals surface area contributed by atoms with Crippen LogP contribution in [-0.2, 0) is 17.9 Å². The number of imidazole rings is 1. The quantitative estimate of drug-likeness (QED) is 0.677. The maximum absolute atomic E-state index is 12.9. The molecule has 158 valence electrons. The third-order valence-corrected chi connectivity index (χ3v) is 6.13. The molecule has 30 heavy (non-hydrogen) atoms. The summed E-state index contributed by atoms with van der Waals surface area (Å²) in [5.74, 6) is 0.810. The molecule has 0 saturated carbocycles. The van der Waals surface area contributed by atoms with E-state index in [1.165, 1.54) is 5.56 Å². The number of benzene rings is 2. The van der Waals surface area contributed by atoms with Crippen LogP contribution < -0.4 is 5.69 Å². The molecule has 6 heteroatoms. The number of hydrogen-bond donors (Lipinski definition) is 1. The molecule has 4 rings (SSSR count). The second-order valence-electron chi connectivity index (χ2n) is 8.07. The molecule has 1 amide bonds. The van der Waals surface area contributed by atoms with E-state index in [4.69, 9.17) is 0 Å². The Morgan fingerprint density at radius 2 is 1.57 bits per heavy atom. The molecule has 0 radical (unpaired) electrons. The number of phenols is 1. The summed E-state index contributed by atoms with van der Waals surface area (Å²) in [5.41, 5.74) is 3.02. The van der Waals surface area contributed by atoms with Gasteiger partial charge in [-0.2, -0.15) is 0 Å². The highest BCUT2D eigenvalue weighted by Crippen LogP contribution is 2.29. The lowest BCUT2D eigenvalue weighted by molar-refractivity contribution is -0.132. The molecule has 0 spiro atoms. The van der Waals surface area contributed by atoms with E-state index in [1.54, 1.807) is 16.7 Å². The summed E-state index contributed by atoms with van der Waals surface area (Å²) in [4.78, 5) is 27.6. The third kappa shape index (κ3) is 3.99. The molecule has 1 fully saturated rings. The van der Waals surface area contributed by atoms with Crippen molar-refractivity contribution in [1.82, 2.24) is 14.0 Å². The zero-order valence-electron chi connectivity index (χ0n) is 17.5. The lowest BCUT2D eigenvalue weighted by Gasteiger charge is -2.32. The summed E-state index contributed by atoms with van der Waals surface area (Å²) >= 11 is 0. The number of aromatic nitrogens is 2. The minimum atomic E-state index is -0.0307. The van der Waals surface area contributed by atoms with Gasteiger partial charge in [0.25, 0.3) is 0 Å². The highest BCUT2D eigenvalue weighted by atomic mass is 16.3. The molecule has 2 aromatic carbocycles. The number of rotatable bonds is 6. The topological polar surface area (TPSA) is 67.5 Å². The summed E-state index contributed by atoms with van der Waals surface area (Å²) in [5, 5.41) is 9.46. The van der Waals surface area contributed by atoms with E-state index in [0.29, 0.717) is 25.4 Å². The van der Waals surface area contributed by atoms with Crippen LogP contribution in [-0.4, -0.2) is 38.1 Å². The summed E-state index contributed by atoms with van der Waals surface area (Å²) < 4.78 is 3.55. The maximum atomic E-state index is 12.9. The molecule has 1 aliphatic heterocycles. The Labute approximate surface area is 176 Å². The minimum absolute atomic E-state index is 0.0307. The molecule has 0 bridgehead atoms. The molecule has 2 heterocycles. The first-order valence-electron chi connectivity index (χ1n) is 10.8. The first-order valence-corrected chi connectivity index (χ1v) is 10.8. The van der Waals surface area contributed by atoms with Crippen LogP contribution in [0.1, 0.15) is 44.1 Å². The Bertz CT molecular complexity index is 1070. The SMILES string of the molecule is CCCn1c(=O)n(CCC(=O)N2CCC(c3ccc(O)cc3)CC2)c2ccccc21. The Kier molecular flexibility index (Phi) is 5.93. The molecule has 1 aliphatic rings. The fourth-order valence-electron chi connectivity index (χ4n) is 4.50. The Hall–Kier alpha value is -3.02. The number of hydrogen-bond acceptors (Lipinski definition) is 3.